The number of nitrogens with two attached hydrogens (primary N) is 1. The van der Waals surface area contributed by atoms with Gasteiger partial charge >= 0.3 is 0 Å². The summed E-state index contributed by atoms with van der Waals surface area (Å²) in [5.74, 6) is 0. The van der Waals surface area contributed by atoms with Gasteiger partial charge < -0.3 is 10.6 Å². The van der Waals surface area contributed by atoms with Gasteiger partial charge in [-0.2, -0.15) is 5.10 Å². The summed E-state index contributed by atoms with van der Waals surface area (Å²) < 4.78 is 1.74. The van der Waals surface area contributed by atoms with E-state index in [1.165, 1.54) is 0 Å². The summed E-state index contributed by atoms with van der Waals surface area (Å²) in [5, 5.41) is 8.91. The Morgan fingerprint density at radius 2 is 2.30 bits per heavy atom. The number of benzene rings is 1. The third-order valence-corrected chi connectivity index (χ3v) is 2.72. The molecule has 7 heteroatoms. The molecule has 108 valence electrons. The summed E-state index contributed by atoms with van der Waals surface area (Å²) >= 11 is 5.95. The van der Waals surface area contributed by atoms with Crippen LogP contribution in [-0.4, -0.2) is 28.6 Å². The Kier molecular flexibility index (Phi) is 6.51. The summed E-state index contributed by atoms with van der Waals surface area (Å²) in [6.07, 6.45) is 3.60. The van der Waals surface area contributed by atoms with E-state index in [1.54, 1.807) is 10.9 Å². The highest BCUT2D eigenvalue weighted by Gasteiger charge is 2.04. The number of halogens is 2. The molecule has 0 unspecified atom stereocenters. The third kappa shape index (κ3) is 4.23. The normalized spacial score (nSPS) is 11.1. The van der Waals surface area contributed by atoms with Crippen LogP contribution in [0.1, 0.15) is 12.5 Å². The topological polar surface area (TPSA) is 65.4 Å². The predicted octanol–water partition coefficient (Wildman–Crippen LogP) is 2.65. The van der Waals surface area contributed by atoms with Crippen molar-refractivity contribution >= 4 is 29.7 Å². The average molecular weight is 315 g/mol. The van der Waals surface area contributed by atoms with Crippen molar-refractivity contribution in [3.63, 3.8) is 0 Å². The van der Waals surface area contributed by atoms with Crippen LogP contribution in [0.15, 0.2) is 41.8 Å². The van der Waals surface area contributed by atoms with Crippen molar-refractivity contribution in [3.8, 4) is 5.69 Å². The zero-order valence-corrected chi connectivity index (χ0v) is 12.6. The maximum Gasteiger partial charge on any atom is 0.129 e. The van der Waals surface area contributed by atoms with Gasteiger partial charge in [0.1, 0.15) is 6.61 Å². The van der Waals surface area contributed by atoms with Gasteiger partial charge in [-0.25, -0.2) is 4.68 Å². The molecule has 2 N–H and O–H groups in total. The molecule has 0 amide bonds. The minimum atomic E-state index is 0. The Morgan fingerprint density at radius 1 is 1.50 bits per heavy atom. The molecular weight excluding hydrogens is 299 g/mol. The van der Waals surface area contributed by atoms with Crippen LogP contribution < -0.4 is 5.73 Å². The lowest BCUT2D eigenvalue weighted by Gasteiger charge is -2.01. The highest BCUT2D eigenvalue weighted by Crippen LogP contribution is 2.14. The average Bonchev–Trinajstić information content (AvgIpc) is 2.88. The van der Waals surface area contributed by atoms with Gasteiger partial charge in [0.05, 0.1) is 17.6 Å². The van der Waals surface area contributed by atoms with Gasteiger partial charge in [-0.15, -0.1) is 12.4 Å². The predicted molar refractivity (Wildman–Crippen MR) is 83.0 cm³/mol. The second kappa shape index (κ2) is 7.89. The number of hydrogen-bond acceptors (Lipinski definition) is 4. The van der Waals surface area contributed by atoms with E-state index in [9.17, 15) is 0 Å². The molecule has 0 aliphatic heterocycles. The first kappa shape index (κ1) is 16.5. The Morgan fingerprint density at radius 3 is 3.00 bits per heavy atom. The van der Waals surface area contributed by atoms with Gasteiger partial charge in [0.15, 0.2) is 0 Å². The minimum Gasteiger partial charge on any atom is -0.394 e. The van der Waals surface area contributed by atoms with E-state index < -0.39 is 0 Å². The van der Waals surface area contributed by atoms with Crippen LogP contribution in [0.4, 0.5) is 0 Å². The van der Waals surface area contributed by atoms with Gasteiger partial charge in [-0.1, -0.05) is 22.8 Å². The van der Waals surface area contributed by atoms with Crippen molar-refractivity contribution in [2.75, 3.05) is 13.2 Å². The van der Waals surface area contributed by atoms with Crippen LogP contribution in [0.5, 0.6) is 0 Å². The van der Waals surface area contributed by atoms with E-state index >= 15 is 0 Å². The summed E-state index contributed by atoms with van der Waals surface area (Å²) in [6.45, 7) is 2.70. The van der Waals surface area contributed by atoms with E-state index in [2.05, 4.69) is 10.3 Å². The Labute approximate surface area is 128 Å². The van der Waals surface area contributed by atoms with Crippen LogP contribution in [0.3, 0.4) is 0 Å². The SMILES string of the molecule is CC(=NOCCN)c1cnn(-c2cccc(Cl)c2)c1.Cl. The van der Waals surface area contributed by atoms with Gasteiger partial charge in [0, 0.05) is 23.3 Å². The number of nitrogens with zero attached hydrogens (tertiary/aromatic N) is 3. The largest absolute Gasteiger partial charge is 0.394 e. The first-order valence-electron chi connectivity index (χ1n) is 5.88. The number of hydrogen-bond donors (Lipinski definition) is 1. The highest BCUT2D eigenvalue weighted by atomic mass is 35.5. The van der Waals surface area contributed by atoms with Gasteiger partial charge in [-0.05, 0) is 25.1 Å². The molecule has 5 nitrogen and oxygen atoms in total. The molecule has 0 saturated heterocycles. The fraction of sp³-hybridized carbons (Fsp3) is 0.231. The smallest absolute Gasteiger partial charge is 0.129 e. The lowest BCUT2D eigenvalue weighted by Crippen LogP contribution is -2.06. The highest BCUT2D eigenvalue weighted by molar-refractivity contribution is 6.30. The van der Waals surface area contributed by atoms with Crippen molar-refractivity contribution in [1.82, 2.24) is 9.78 Å². The molecule has 2 rings (SSSR count). The van der Waals surface area contributed by atoms with Crippen LogP contribution in [0.2, 0.25) is 5.02 Å². The molecule has 0 radical (unpaired) electrons. The monoisotopic (exact) mass is 314 g/mol. The molecule has 1 aromatic heterocycles. The molecule has 1 aromatic carbocycles. The van der Waals surface area contributed by atoms with Gasteiger partial charge in [-0.3, -0.25) is 0 Å². The zero-order valence-electron chi connectivity index (χ0n) is 11.0. The molecule has 0 atom stereocenters. The van der Waals surface area contributed by atoms with Crippen molar-refractivity contribution < 1.29 is 4.84 Å². The Hall–Kier alpha value is -1.56. The third-order valence-electron chi connectivity index (χ3n) is 2.48. The molecule has 0 spiro atoms. The second-order valence-corrected chi connectivity index (χ2v) is 4.39. The Balaban J connectivity index is 0.00000200. The van der Waals surface area contributed by atoms with Crippen LogP contribution in [-0.2, 0) is 4.84 Å². The summed E-state index contributed by atoms with van der Waals surface area (Å²) in [4.78, 5) is 5.04. The second-order valence-electron chi connectivity index (χ2n) is 3.95. The maximum atomic E-state index is 5.95. The van der Waals surface area contributed by atoms with Crippen LogP contribution in [0.25, 0.3) is 5.69 Å². The number of oxime groups is 1. The quantitative estimate of drug-likeness (QED) is 0.524. The van der Waals surface area contributed by atoms with E-state index in [4.69, 9.17) is 22.2 Å². The zero-order chi connectivity index (χ0) is 13.7. The lowest BCUT2D eigenvalue weighted by molar-refractivity contribution is 0.152. The molecule has 1 heterocycles. The van der Waals surface area contributed by atoms with Crippen LogP contribution in [0, 0.1) is 0 Å². The lowest BCUT2D eigenvalue weighted by atomic mass is 10.2. The van der Waals surface area contributed by atoms with Gasteiger partial charge in [0.2, 0.25) is 0 Å². The number of aromatic nitrogens is 2. The van der Waals surface area contributed by atoms with Gasteiger partial charge in [0.25, 0.3) is 0 Å². The first-order chi connectivity index (χ1) is 9.20. The summed E-state index contributed by atoms with van der Waals surface area (Å²) in [5.41, 5.74) is 7.86. The van der Waals surface area contributed by atoms with Crippen molar-refractivity contribution in [3.05, 3.63) is 47.2 Å². The van der Waals surface area contributed by atoms with E-state index in [1.807, 2.05) is 37.4 Å². The molecule has 0 aliphatic carbocycles. The molecule has 0 aliphatic rings. The molecule has 20 heavy (non-hydrogen) atoms. The number of rotatable bonds is 5. The molecule has 0 fully saturated rings. The van der Waals surface area contributed by atoms with E-state index in [0.29, 0.717) is 18.2 Å². The fourth-order valence-electron chi connectivity index (χ4n) is 1.52. The van der Waals surface area contributed by atoms with Crippen molar-refractivity contribution in [1.29, 1.82) is 0 Å². The minimum absolute atomic E-state index is 0. The van der Waals surface area contributed by atoms with Crippen molar-refractivity contribution in [2.45, 2.75) is 6.92 Å². The molecular formula is C13H16Cl2N4O. The standard InChI is InChI=1S/C13H15ClN4O.ClH/c1-10(17-19-6-5-15)11-8-16-18(9-11)13-4-2-3-12(14)7-13;/h2-4,7-9H,5-6,15H2,1H3;1H. The van der Waals surface area contributed by atoms with E-state index in [-0.39, 0.29) is 12.4 Å². The molecule has 2 aromatic rings. The van der Waals surface area contributed by atoms with Crippen LogP contribution >= 0.6 is 24.0 Å². The fourth-order valence-corrected chi connectivity index (χ4v) is 1.70. The van der Waals surface area contributed by atoms with Crippen molar-refractivity contribution in [2.24, 2.45) is 10.9 Å². The summed E-state index contributed by atoms with van der Waals surface area (Å²) in [6, 6.07) is 7.48. The first-order valence-corrected chi connectivity index (χ1v) is 6.26. The Bertz CT molecular complexity index is 583. The maximum absolute atomic E-state index is 5.95. The van der Waals surface area contributed by atoms with E-state index in [0.717, 1.165) is 17.0 Å². The summed E-state index contributed by atoms with van der Waals surface area (Å²) in [7, 11) is 0. The molecule has 0 bridgehead atoms. The molecule has 0 saturated carbocycles.